The summed E-state index contributed by atoms with van der Waals surface area (Å²) >= 11 is 0. The van der Waals surface area contributed by atoms with Crippen LogP contribution in [0.1, 0.15) is 18.1 Å². The number of methoxy groups -OCH3 is 1. The molecule has 0 fully saturated rings. The average Bonchev–Trinajstić information content (AvgIpc) is 2.59. The second-order valence-electron chi connectivity index (χ2n) is 4.90. The third-order valence-electron chi connectivity index (χ3n) is 3.22. The van der Waals surface area contributed by atoms with Crippen molar-refractivity contribution in [1.29, 1.82) is 0 Å². The summed E-state index contributed by atoms with van der Waals surface area (Å²) in [5.41, 5.74) is 1.95. The molecule has 0 atom stereocenters. The van der Waals surface area contributed by atoms with E-state index in [9.17, 15) is 4.79 Å². The lowest BCUT2D eigenvalue weighted by Gasteiger charge is -2.06. The van der Waals surface area contributed by atoms with Crippen molar-refractivity contribution in [3.63, 3.8) is 0 Å². The fraction of sp³-hybridized carbons (Fsp3) is 0.211. The van der Waals surface area contributed by atoms with Crippen LogP contribution in [0.3, 0.4) is 0 Å². The van der Waals surface area contributed by atoms with Gasteiger partial charge in [0.25, 0.3) is 0 Å². The molecule has 1 amide bonds. The molecular weight excluding hydrogens is 290 g/mol. The van der Waals surface area contributed by atoms with Gasteiger partial charge in [0.05, 0.1) is 13.7 Å². The number of ether oxygens (including phenoxy) is 2. The highest BCUT2D eigenvalue weighted by Crippen LogP contribution is 2.13. The van der Waals surface area contributed by atoms with Crippen LogP contribution in [-0.4, -0.2) is 19.6 Å². The summed E-state index contributed by atoms with van der Waals surface area (Å²) in [5.74, 6) is 1.47. The molecule has 0 bridgehead atoms. The van der Waals surface area contributed by atoms with Crippen LogP contribution in [0, 0.1) is 0 Å². The van der Waals surface area contributed by atoms with E-state index in [1.165, 1.54) is 6.08 Å². The van der Waals surface area contributed by atoms with Crippen molar-refractivity contribution in [2.24, 2.45) is 0 Å². The van der Waals surface area contributed by atoms with E-state index in [1.54, 1.807) is 13.2 Å². The topological polar surface area (TPSA) is 47.6 Å². The van der Waals surface area contributed by atoms with E-state index in [-0.39, 0.29) is 5.91 Å². The zero-order chi connectivity index (χ0) is 16.5. The maximum Gasteiger partial charge on any atom is 0.244 e. The minimum atomic E-state index is -0.136. The molecular formula is C19H21NO3. The Balaban J connectivity index is 1.86. The number of amides is 1. The first-order valence-electron chi connectivity index (χ1n) is 7.53. The van der Waals surface area contributed by atoms with Gasteiger partial charge in [-0.1, -0.05) is 24.3 Å². The number of hydrogen-bond donors (Lipinski definition) is 1. The Bertz CT molecular complexity index is 663. The highest BCUT2D eigenvalue weighted by Gasteiger charge is 1.99. The SMILES string of the molecule is CCOc1cccc(CNC(=O)/C=C/c2ccc(OC)cc2)c1. The first-order valence-corrected chi connectivity index (χ1v) is 7.53. The summed E-state index contributed by atoms with van der Waals surface area (Å²) in [6, 6.07) is 15.2. The van der Waals surface area contributed by atoms with Crippen LogP contribution in [0.2, 0.25) is 0 Å². The summed E-state index contributed by atoms with van der Waals surface area (Å²) in [5, 5.41) is 2.86. The first-order chi connectivity index (χ1) is 11.2. The maximum atomic E-state index is 11.9. The van der Waals surface area contributed by atoms with Crippen molar-refractivity contribution in [3.05, 3.63) is 65.7 Å². The molecule has 0 radical (unpaired) electrons. The van der Waals surface area contributed by atoms with Gasteiger partial charge in [0.15, 0.2) is 0 Å². The number of nitrogens with one attached hydrogen (secondary N) is 1. The molecule has 0 aliphatic heterocycles. The minimum Gasteiger partial charge on any atom is -0.497 e. The van der Waals surface area contributed by atoms with Gasteiger partial charge in [0.1, 0.15) is 11.5 Å². The summed E-state index contributed by atoms with van der Waals surface area (Å²) in [7, 11) is 1.62. The van der Waals surface area contributed by atoms with E-state index < -0.39 is 0 Å². The van der Waals surface area contributed by atoms with Gasteiger partial charge in [-0.15, -0.1) is 0 Å². The Morgan fingerprint density at radius 1 is 1.13 bits per heavy atom. The number of carbonyl (C=O) groups excluding carboxylic acids is 1. The van der Waals surface area contributed by atoms with Gasteiger partial charge in [-0.2, -0.15) is 0 Å². The van der Waals surface area contributed by atoms with E-state index in [0.717, 1.165) is 22.6 Å². The quantitative estimate of drug-likeness (QED) is 0.797. The predicted molar refractivity (Wildman–Crippen MR) is 91.5 cm³/mol. The van der Waals surface area contributed by atoms with Crippen LogP contribution >= 0.6 is 0 Å². The Kier molecular flexibility index (Phi) is 6.24. The predicted octanol–water partition coefficient (Wildman–Crippen LogP) is 3.42. The molecule has 2 rings (SSSR count). The lowest BCUT2D eigenvalue weighted by Crippen LogP contribution is -2.20. The van der Waals surface area contributed by atoms with Crippen LogP contribution in [0.5, 0.6) is 11.5 Å². The van der Waals surface area contributed by atoms with Crippen molar-refractivity contribution in [2.75, 3.05) is 13.7 Å². The van der Waals surface area contributed by atoms with Crippen molar-refractivity contribution in [2.45, 2.75) is 13.5 Å². The maximum absolute atomic E-state index is 11.9. The van der Waals surface area contributed by atoms with Gasteiger partial charge in [0, 0.05) is 12.6 Å². The van der Waals surface area contributed by atoms with Gasteiger partial charge in [-0.3, -0.25) is 4.79 Å². The fourth-order valence-corrected chi connectivity index (χ4v) is 2.05. The molecule has 4 nitrogen and oxygen atoms in total. The summed E-state index contributed by atoms with van der Waals surface area (Å²) < 4.78 is 10.5. The van der Waals surface area contributed by atoms with Crippen LogP contribution < -0.4 is 14.8 Å². The molecule has 1 N–H and O–H groups in total. The van der Waals surface area contributed by atoms with Crippen molar-refractivity contribution >= 4 is 12.0 Å². The van der Waals surface area contributed by atoms with Crippen LogP contribution in [0.25, 0.3) is 6.08 Å². The van der Waals surface area contributed by atoms with E-state index in [2.05, 4.69) is 5.32 Å². The second kappa shape index (κ2) is 8.63. The molecule has 0 aliphatic carbocycles. The Labute approximate surface area is 136 Å². The number of carbonyl (C=O) groups is 1. The average molecular weight is 311 g/mol. The van der Waals surface area contributed by atoms with Crippen molar-refractivity contribution in [1.82, 2.24) is 5.32 Å². The third kappa shape index (κ3) is 5.51. The summed E-state index contributed by atoms with van der Waals surface area (Å²) in [6.45, 7) is 3.03. The Morgan fingerprint density at radius 3 is 2.61 bits per heavy atom. The molecule has 0 aliphatic rings. The second-order valence-corrected chi connectivity index (χ2v) is 4.90. The number of rotatable bonds is 7. The Hall–Kier alpha value is -2.75. The van der Waals surface area contributed by atoms with Crippen LogP contribution in [0.4, 0.5) is 0 Å². The number of benzene rings is 2. The monoisotopic (exact) mass is 311 g/mol. The van der Waals surface area contributed by atoms with E-state index in [0.29, 0.717) is 13.2 Å². The summed E-state index contributed by atoms with van der Waals surface area (Å²) in [6.07, 6.45) is 3.29. The van der Waals surface area contributed by atoms with Crippen LogP contribution in [0.15, 0.2) is 54.6 Å². The highest BCUT2D eigenvalue weighted by atomic mass is 16.5. The third-order valence-corrected chi connectivity index (χ3v) is 3.22. The molecule has 0 spiro atoms. The molecule has 0 heterocycles. The minimum absolute atomic E-state index is 0.136. The Morgan fingerprint density at radius 2 is 1.91 bits per heavy atom. The lowest BCUT2D eigenvalue weighted by atomic mass is 10.2. The standard InChI is InChI=1S/C19H21NO3/c1-3-23-18-6-4-5-16(13-18)14-20-19(21)12-9-15-7-10-17(22-2)11-8-15/h4-13H,3,14H2,1-2H3,(H,20,21)/b12-9+. The zero-order valence-electron chi connectivity index (χ0n) is 13.4. The van der Waals surface area contributed by atoms with Crippen LogP contribution in [-0.2, 0) is 11.3 Å². The van der Waals surface area contributed by atoms with Gasteiger partial charge < -0.3 is 14.8 Å². The highest BCUT2D eigenvalue weighted by molar-refractivity contribution is 5.91. The van der Waals surface area contributed by atoms with Gasteiger partial charge in [-0.05, 0) is 48.4 Å². The van der Waals surface area contributed by atoms with E-state index in [4.69, 9.17) is 9.47 Å². The van der Waals surface area contributed by atoms with Gasteiger partial charge in [0.2, 0.25) is 5.91 Å². The van der Waals surface area contributed by atoms with E-state index >= 15 is 0 Å². The normalized spacial score (nSPS) is 10.5. The molecule has 0 unspecified atom stereocenters. The summed E-state index contributed by atoms with van der Waals surface area (Å²) in [4.78, 5) is 11.9. The van der Waals surface area contributed by atoms with Gasteiger partial charge >= 0.3 is 0 Å². The molecule has 2 aromatic carbocycles. The van der Waals surface area contributed by atoms with Crippen molar-refractivity contribution in [3.8, 4) is 11.5 Å². The molecule has 4 heteroatoms. The molecule has 0 aromatic heterocycles. The first kappa shape index (κ1) is 16.6. The lowest BCUT2D eigenvalue weighted by molar-refractivity contribution is -0.116. The van der Waals surface area contributed by atoms with Gasteiger partial charge in [-0.25, -0.2) is 0 Å². The molecule has 120 valence electrons. The van der Waals surface area contributed by atoms with Crippen molar-refractivity contribution < 1.29 is 14.3 Å². The molecule has 0 saturated heterocycles. The van der Waals surface area contributed by atoms with E-state index in [1.807, 2.05) is 55.5 Å². The molecule has 2 aromatic rings. The molecule has 23 heavy (non-hydrogen) atoms. The number of hydrogen-bond acceptors (Lipinski definition) is 3. The fourth-order valence-electron chi connectivity index (χ4n) is 2.05. The molecule has 0 saturated carbocycles. The zero-order valence-corrected chi connectivity index (χ0v) is 13.4. The largest absolute Gasteiger partial charge is 0.497 e. The smallest absolute Gasteiger partial charge is 0.244 e.